The third-order valence-electron chi connectivity index (χ3n) is 2.80. The topological polar surface area (TPSA) is 49.3 Å². The van der Waals surface area contributed by atoms with Gasteiger partial charge in [-0.25, -0.2) is 0 Å². The van der Waals surface area contributed by atoms with Crippen LogP contribution < -0.4 is 5.32 Å². The molecule has 0 spiro atoms. The van der Waals surface area contributed by atoms with Crippen LogP contribution in [0.4, 0.5) is 0 Å². The normalized spacial score (nSPS) is 24.6. The van der Waals surface area contributed by atoms with Gasteiger partial charge in [0.2, 0.25) is 0 Å². The minimum Gasteiger partial charge on any atom is -0.480 e. The van der Waals surface area contributed by atoms with E-state index in [4.69, 9.17) is 5.11 Å². The Morgan fingerprint density at radius 3 is 2.94 bits per heavy atom. The Morgan fingerprint density at radius 1 is 1.56 bits per heavy atom. The Bertz CT molecular complexity index is 394. The summed E-state index contributed by atoms with van der Waals surface area (Å²) in [7, 11) is 0. The maximum absolute atomic E-state index is 10.9. The number of carbonyl (C=O) groups is 1. The van der Waals surface area contributed by atoms with Gasteiger partial charge in [-0.05, 0) is 17.5 Å². The van der Waals surface area contributed by atoms with E-state index in [1.807, 2.05) is 12.1 Å². The average molecular weight is 237 g/mol. The van der Waals surface area contributed by atoms with E-state index in [0.29, 0.717) is 5.75 Å². The van der Waals surface area contributed by atoms with E-state index in [9.17, 15) is 4.79 Å². The van der Waals surface area contributed by atoms with Crippen molar-refractivity contribution in [1.82, 2.24) is 5.32 Å². The highest BCUT2D eigenvalue weighted by Crippen LogP contribution is 2.34. The van der Waals surface area contributed by atoms with Gasteiger partial charge in [0, 0.05) is 5.75 Å². The monoisotopic (exact) mass is 237 g/mol. The van der Waals surface area contributed by atoms with E-state index in [-0.39, 0.29) is 5.37 Å². The number of carboxylic acids is 1. The smallest absolute Gasteiger partial charge is 0.321 e. The summed E-state index contributed by atoms with van der Waals surface area (Å²) < 4.78 is 0. The van der Waals surface area contributed by atoms with Crippen molar-refractivity contribution in [2.75, 3.05) is 5.75 Å². The molecule has 1 unspecified atom stereocenters. The molecule has 1 aliphatic heterocycles. The van der Waals surface area contributed by atoms with E-state index in [2.05, 4.69) is 24.4 Å². The molecule has 0 bridgehead atoms. The van der Waals surface area contributed by atoms with Crippen LogP contribution >= 0.6 is 11.8 Å². The molecule has 86 valence electrons. The molecule has 1 fully saturated rings. The second kappa shape index (κ2) is 4.89. The minimum atomic E-state index is -0.760. The molecule has 2 rings (SSSR count). The van der Waals surface area contributed by atoms with Crippen LogP contribution in [0.25, 0.3) is 0 Å². The second-order valence-corrected chi connectivity index (χ2v) is 4.96. The molecule has 1 aromatic rings. The lowest BCUT2D eigenvalue weighted by molar-refractivity contribution is -0.138. The summed E-state index contributed by atoms with van der Waals surface area (Å²) in [5.74, 6) is -0.123. The zero-order valence-corrected chi connectivity index (χ0v) is 9.96. The first kappa shape index (κ1) is 11.5. The number of hydrogen-bond donors (Lipinski definition) is 2. The van der Waals surface area contributed by atoms with Crippen molar-refractivity contribution in [2.24, 2.45) is 0 Å². The Balaban J connectivity index is 2.17. The lowest BCUT2D eigenvalue weighted by Crippen LogP contribution is -2.33. The molecular weight excluding hydrogens is 222 g/mol. The van der Waals surface area contributed by atoms with Crippen molar-refractivity contribution in [3.05, 3.63) is 35.4 Å². The third-order valence-corrected chi connectivity index (χ3v) is 4.05. The number of aliphatic carboxylic acids is 1. The molecule has 0 aliphatic carbocycles. The lowest BCUT2D eigenvalue weighted by Gasteiger charge is -2.15. The molecule has 0 radical (unpaired) electrons. The van der Waals surface area contributed by atoms with E-state index >= 15 is 0 Å². The maximum atomic E-state index is 10.9. The van der Waals surface area contributed by atoms with Crippen LogP contribution in [0.3, 0.4) is 0 Å². The van der Waals surface area contributed by atoms with Crippen LogP contribution in [-0.2, 0) is 11.2 Å². The molecule has 3 nitrogen and oxygen atoms in total. The summed E-state index contributed by atoms with van der Waals surface area (Å²) in [6.07, 6.45) is 0.979. The van der Waals surface area contributed by atoms with E-state index in [1.165, 1.54) is 11.1 Å². The number of nitrogens with one attached hydrogen (secondary N) is 1. The van der Waals surface area contributed by atoms with Gasteiger partial charge in [0.15, 0.2) is 0 Å². The molecule has 2 N–H and O–H groups in total. The summed E-state index contributed by atoms with van der Waals surface area (Å²) >= 11 is 1.67. The van der Waals surface area contributed by atoms with Crippen molar-refractivity contribution >= 4 is 17.7 Å². The van der Waals surface area contributed by atoms with Gasteiger partial charge in [-0.1, -0.05) is 31.2 Å². The summed E-state index contributed by atoms with van der Waals surface area (Å²) in [5, 5.41) is 12.2. The van der Waals surface area contributed by atoms with Gasteiger partial charge in [-0.3, -0.25) is 10.1 Å². The van der Waals surface area contributed by atoms with Crippen LogP contribution in [0.15, 0.2) is 24.3 Å². The standard InChI is InChI=1S/C12H15NO2S/c1-2-8-5-3-4-6-9(8)11-13-10(7-16-11)12(14)15/h3-6,10-11,13H,2,7H2,1H3,(H,14,15)/t10-,11?/m1/s1. The second-order valence-electron chi connectivity index (χ2n) is 3.82. The molecular formula is C12H15NO2S. The fraction of sp³-hybridized carbons (Fsp3) is 0.417. The zero-order valence-electron chi connectivity index (χ0n) is 9.14. The van der Waals surface area contributed by atoms with Crippen LogP contribution in [0.1, 0.15) is 23.4 Å². The Labute approximate surface area is 99.2 Å². The lowest BCUT2D eigenvalue weighted by atomic mass is 10.1. The van der Waals surface area contributed by atoms with Crippen molar-refractivity contribution in [2.45, 2.75) is 24.8 Å². The van der Waals surface area contributed by atoms with Crippen molar-refractivity contribution < 1.29 is 9.90 Å². The highest BCUT2D eigenvalue weighted by molar-refractivity contribution is 7.99. The number of hydrogen-bond acceptors (Lipinski definition) is 3. The molecule has 0 saturated carbocycles. The Kier molecular flexibility index (Phi) is 3.51. The number of rotatable bonds is 3. The Morgan fingerprint density at radius 2 is 2.31 bits per heavy atom. The van der Waals surface area contributed by atoms with Gasteiger partial charge in [-0.2, -0.15) is 0 Å². The van der Waals surface area contributed by atoms with Crippen molar-refractivity contribution in [3.8, 4) is 0 Å². The largest absolute Gasteiger partial charge is 0.480 e. The highest BCUT2D eigenvalue weighted by Gasteiger charge is 2.30. The van der Waals surface area contributed by atoms with Gasteiger partial charge in [0.1, 0.15) is 6.04 Å². The molecule has 2 atom stereocenters. The van der Waals surface area contributed by atoms with Crippen LogP contribution in [-0.4, -0.2) is 22.9 Å². The van der Waals surface area contributed by atoms with Gasteiger partial charge in [0.25, 0.3) is 0 Å². The van der Waals surface area contributed by atoms with E-state index in [1.54, 1.807) is 11.8 Å². The maximum Gasteiger partial charge on any atom is 0.321 e. The first-order valence-corrected chi connectivity index (χ1v) is 6.45. The molecule has 0 amide bonds. The number of benzene rings is 1. The SMILES string of the molecule is CCc1ccccc1C1N[C@@H](C(=O)O)CS1. The first-order chi connectivity index (χ1) is 7.72. The summed E-state index contributed by atoms with van der Waals surface area (Å²) in [4.78, 5) is 10.9. The van der Waals surface area contributed by atoms with Gasteiger partial charge < -0.3 is 5.11 Å². The summed E-state index contributed by atoms with van der Waals surface area (Å²) in [6.45, 7) is 2.12. The van der Waals surface area contributed by atoms with Gasteiger partial charge in [0.05, 0.1) is 5.37 Å². The van der Waals surface area contributed by atoms with Crippen molar-refractivity contribution in [3.63, 3.8) is 0 Å². The predicted octanol–water partition coefficient (Wildman–Crippen LogP) is 2.04. The van der Waals surface area contributed by atoms with Crippen LogP contribution in [0.5, 0.6) is 0 Å². The molecule has 1 aliphatic rings. The molecule has 1 heterocycles. The third kappa shape index (κ3) is 2.23. The number of thioether (sulfide) groups is 1. The summed E-state index contributed by atoms with van der Waals surface area (Å²) in [6, 6.07) is 7.79. The summed E-state index contributed by atoms with van der Waals surface area (Å²) in [5.41, 5.74) is 2.51. The Hall–Kier alpha value is -1.00. The number of carboxylic acid groups (broad SMARTS) is 1. The minimum absolute atomic E-state index is 0.122. The first-order valence-electron chi connectivity index (χ1n) is 5.40. The molecule has 16 heavy (non-hydrogen) atoms. The molecule has 4 heteroatoms. The van der Waals surface area contributed by atoms with Crippen LogP contribution in [0.2, 0.25) is 0 Å². The van der Waals surface area contributed by atoms with Crippen LogP contribution in [0, 0.1) is 0 Å². The number of aryl methyl sites for hydroxylation is 1. The molecule has 1 saturated heterocycles. The van der Waals surface area contributed by atoms with Gasteiger partial charge in [-0.15, -0.1) is 11.8 Å². The quantitative estimate of drug-likeness (QED) is 0.844. The van der Waals surface area contributed by atoms with Crippen molar-refractivity contribution in [1.29, 1.82) is 0 Å². The highest BCUT2D eigenvalue weighted by atomic mass is 32.2. The average Bonchev–Trinajstić information content (AvgIpc) is 2.78. The molecule has 1 aromatic carbocycles. The van der Waals surface area contributed by atoms with Gasteiger partial charge >= 0.3 is 5.97 Å². The fourth-order valence-electron chi connectivity index (χ4n) is 1.91. The zero-order chi connectivity index (χ0) is 11.5. The predicted molar refractivity (Wildman–Crippen MR) is 65.6 cm³/mol. The van der Waals surface area contributed by atoms with E-state index < -0.39 is 12.0 Å². The van der Waals surface area contributed by atoms with E-state index in [0.717, 1.165) is 6.42 Å². The molecule has 0 aromatic heterocycles. The fourth-order valence-corrected chi connectivity index (χ4v) is 3.20.